The van der Waals surface area contributed by atoms with Gasteiger partial charge < -0.3 is 10.0 Å². The van der Waals surface area contributed by atoms with Crippen molar-refractivity contribution in [1.29, 1.82) is 0 Å². The lowest BCUT2D eigenvalue weighted by atomic mass is 10.0. The number of aliphatic hydroxyl groups is 1. The SMILES string of the molecule is C=CCCCCCC(CCCO)N1CCCCCC1. The minimum atomic E-state index is 0.348. The highest BCUT2D eigenvalue weighted by Gasteiger charge is 2.18. The molecular formula is C17H33NO. The molecule has 1 N–H and O–H groups in total. The van der Waals surface area contributed by atoms with Gasteiger partial charge in [0, 0.05) is 12.6 Å². The minimum Gasteiger partial charge on any atom is -0.396 e. The van der Waals surface area contributed by atoms with E-state index in [-0.39, 0.29) is 0 Å². The van der Waals surface area contributed by atoms with Crippen molar-refractivity contribution in [3.8, 4) is 0 Å². The van der Waals surface area contributed by atoms with Crippen molar-refractivity contribution in [1.82, 2.24) is 4.90 Å². The maximum absolute atomic E-state index is 9.08. The van der Waals surface area contributed by atoms with Crippen LogP contribution in [0.1, 0.15) is 70.6 Å². The molecule has 1 rings (SSSR count). The molecule has 0 spiro atoms. The highest BCUT2D eigenvalue weighted by atomic mass is 16.2. The third kappa shape index (κ3) is 7.74. The second-order valence-corrected chi connectivity index (χ2v) is 5.90. The standard InChI is InChI=1S/C17H33NO/c1-2-3-4-5-8-12-17(13-11-16-19)18-14-9-6-7-10-15-18/h2,17,19H,1,3-16H2. The van der Waals surface area contributed by atoms with E-state index in [1.165, 1.54) is 70.9 Å². The van der Waals surface area contributed by atoms with Crippen LogP contribution in [0.25, 0.3) is 0 Å². The van der Waals surface area contributed by atoms with E-state index in [1.807, 2.05) is 6.08 Å². The number of aliphatic hydroxyl groups excluding tert-OH is 1. The zero-order valence-corrected chi connectivity index (χ0v) is 12.7. The number of unbranched alkanes of at least 4 members (excludes halogenated alkanes) is 3. The maximum atomic E-state index is 9.08. The summed E-state index contributed by atoms with van der Waals surface area (Å²) in [6.07, 6.45) is 16.1. The summed E-state index contributed by atoms with van der Waals surface area (Å²) in [6.45, 7) is 6.69. The number of hydrogen-bond acceptors (Lipinski definition) is 2. The second kappa shape index (κ2) is 11.5. The number of nitrogens with zero attached hydrogens (tertiary/aromatic N) is 1. The first-order valence-electron chi connectivity index (χ1n) is 8.34. The first-order chi connectivity index (χ1) is 9.38. The Balaban J connectivity index is 2.29. The van der Waals surface area contributed by atoms with Gasteiger partial charge in [-0.2, -0.15) is 0 Å². The third-order valence-corrected chi connectivity index (χ3v) is 4.30. The molecule has 1 heterocycles. The van der Waals surface area contributed by atoms with Crippen molar-refractivity contribution in [3.63, 3.8) is 0 Å². The summed E-state index contributed by atoms with van der Waals surface area (Å²) in [6, 6.07) is 0.717. The average Bonchev–Trinajstić information content (AvgIpc) is 2.71. The largest absolute Gasteiger partial charge is 0.396 e. The molecule has 1 aliphatic heterocycles. The zero-order chi connectivity index (χ0) is 13.8. The van der Waals surface area contributed by atoms with Gasteiger partial charge in [-0.05, 0) is 58.0 Å². The smallest absolute Gasteiger partial charge is 0.0431 e. The Labute approximate surface area is 119 Å². The zero-order valence-electron chi connectivity index (χ0n) is 12.7. The molecule has 1 fully saturated rings. The lowest BCUT2D eigenvalue weighted by molar-refractivity contribution is 0.166. The average molecular weight is 267 g/mol. The van der Waals surface area contributed by atoms with Gasteiger partial charge in [-0.1, -0.05) is 31.8 Å². The van der Waals surface area contributed by atoms with Gasteiger partial charge in [0.15, 0.2) is 0 Å². The van der Waals surface area contributed by atoms with Gasteiger partial charge in [0.1, 0.15) is 0 Å². The third-order valence-electron chi connectivity index (χ3n) is 4.30. The molecule has 1 saturated heterocycles. The Morgan fingerprint density at radius 2 is 1.63 bits per heavy atom. The van der Waals surface area contributed by atoms with Crippen molar-refractivity contribution < 1.29 is 5.11 Å². The van der Waals surface area contributed by atoms with Gasteiger partial charge in [-0.25, -0.2) is 0 Å². The molecule has 1 unspecified atom stereocenters. The Morgan fingerprint density at radius 3 is 2.26 bits per heavy atom. The molecule has 19 heavy (non-hydrogen) atoms. The van der Waals surface area contributed by atoms with Gasteiger partial charge in [0.05, 0.1) is 0 Å². The van der Waals surface area contributed by atoms with Crippen LogP contribution in [0.15, 0.2) is 12.7 Å². The molecule has 0 aromatic rings. The summed E-state index contributed by atoms with van der Waals surface area (Å²) in [7, 11) is 0. The van der Waals surface area contributed by atoms with Gasteiger partial charge in [0.25, 0.3) is 0 Å². The molecule has 112 valence electrons. The minimum absolute atomic E-state index is 0.348. The van der Waals surface area contributed by atoms with E-state index in [9.17, 15) is 0 Å². The summed E-state index contributed by atoms with van der Waals surface area (Å²) in [5.74, 6) is 0. The fraction of sp³-hybridized carbons (Fsp3) is 0.882. The van der Waals surface area contributed by atoms with Crippen LogP contribution in [0.3, 0.4) is 0 Å². The predicted octanol–water partition coefficient (Wildman–Crippen LogP) is 4.14. The van der Waals surface area contributed by atoms with Gasteiger partial charge >= 0.3 is 0 Å². The Kier molecular flexibility index (Phi) is 10.1. The highest BCUT2D eigenvalue weighted by Crippen LogP contribution is 2.20. The van der Waals surface area contributed by atoms with E-state index in [0.717, 1.165) is 12.8 Å². The van der Waals surface area contributed by atoms with Gasteiger partial charge in [-0.15, -0.1) is 6.58 Å². The van der Waals surface area contributed by atoms with Crippen LogP contribution in [0.5, 0.6) is 0 Å². The predicted molar refractivity (Wildman–Crippen MR) is 83.4 cm³/mol. The molecule has 2 heteroatoms. The molecule has 0 bridgehead atoms. The van der Waals surface area contributed by atoms with Crippen molar-refractivity contribution in [2.24, 2.45) is 0 Å². The molecule has 1 atom stereocenters. The molecule has 0 aromatic carbocycles. The lowest BCUT2D eigenvalue weighted by Gasteiger charge is -2.30. The van der Waals surface area contributed by atoms with Crippen LogP contribution in [-0.4, -0.2) is 35.7 Å². The lowest BCUT2D eigenvalue weighted by Crippen LogP contribution is -2.36. The number of rotatable bonds is 10. The fourth-order valence-electron chi connectivity index (χ4n) is 3.14. The number of likely N-dealkylation sites (tertiary alicyclic amines) is 1. The van der Waals surface area contributed by atoms with Crippen LogP contribution in [0, 0.1) is 0 Å². The first-order valence-corrected chi connectivity index (χ1v) is 8.34. The van der Waals surface area contributed by atoms with Crippen LogP contribution in [-0.2, 0) is 0 Å². The molecule has 0 saturated carbocycles. The fourth-order valence-corrected chi connectivity index (χ4v) is 3.14. The molecule has 0 aliphatic carbocycles. The quantitative estimate of drug-likeness (QED) is 0.475. The maximum Gasteiger partial charge on any atom is 0.0431 e. The van der Waals surface area contributed by atoms with E-state index in [0.29, 0.717) is 12.6 Å². The summed E-state index contributed by atoms with van der Waals surface area (Å²) in [4.78, 5) is 2.70. The molecule has 0 radical (unpaired) electrons. The Hall–Kier alpha value is -0.340. The molecule has 2 nitrogen and oxygen atoms in total. The van der Waals surface area contributed by atoms with E-state index in [1.54, 1.807) is 0 Å². The van der Waals surface area contributed by atoms with Gasteiger partial charge in [0.2, 0.25) is 0 Å². The van der Waals surface area contributed by atoms with E-state index >= 15 is 0 Å². The number of allylic oxidation sites excluding steroid dienone is 1. The second-order valence-electron chi connectivity index (χ2n) is 5.90. The van der Waals surface area contributed by atoms with Crippen molar-refractivity contribution in [3.05, 3.63) is 12.7 Å². The Bertz CT molecular complexity index is 209. The van der Waals surface area contributed by atoms with Crippen molar-refractivity contribution >= 4 is 0 Å². The number of hydrogen-bond donors (Lipinski definition) is 1. The topological polar surface area (TPSA) is 23.5 Å². The van der Waals surface area contributed by atoms with E-state index < -0.39 is 0 Å². The monoisotopic (exact) mass is 267 g/mol. The molecule has 1 aliphatic rings. The molecule has 0 amide bonds. The normalized spacial score (nSPS) is 19.0. The highest BCUT2D eigenvalue weighted by molar-refractivity contribution is 4.75. The van der Waals surface area contributed by atoms with Crippen LogP contribution in [0.4, 0.5) is 0 Å². The van der Waals surface area contributed by atoms with Crippen molar-refractivity contribution in [2.75, 3.05) is 19.7 Å². The summed E-state index contributed by atoms with van der Waals surface area (Å²) in [5, 5.41) is 9.08. The van der Waals surface area contributed by atoms with Crippen LogP contribution < -0.4 is 0 Å². The van der Waals surface area contributed by atoms with E-state index in [2.05, 4.69) is 11.5 Å². The van der Waals surface area contributed by atoms with Crippen molar-refractivity contribution in [2.45, 2.75) is 76.7 Å². The molecule has 0 aromatic heterocycles. The summed E-state index contributed by atoms with van der Waals surface area (Å²) < 4.78 is 0. The molecular weight excluding hydrogens is 234 g/mol. The summed E-state index contributed by atoms with van der Waals surface area (Å²) in [5.41, 5.74) is 0. The summed E-state index contributed by atoms with van der Waals surface area (Å²) >= 11 is 0. The van der Waals surface area contributed by atoms with Crippen LogP contribution >= 0.6 is 0 Å². The van der Waals surface area contributed by atoms with Gasteiger partial charge in [-0.3, -0.25) is 0 Å². The first kappa shape index (κ1) is 16.7. The Morgan fingerprint density at radius 1 is 0.947 bits per heavy atom. The van der Waals surface area contributed by atoms with Crippen LogP contribution in [0.2, 0.25) is 0 Å². The van der Waals surface area contributed by atoms with E-state index in [4.69, 9.17) is 5.11 Å².